The maximum absolute atomic E-state index is 8.82. The summed E-state index contributed by atoms with van der Waals surface area (Å²) in [5.41, 5.74) is 1.47. The van der Waals surface area contributed by atoms with Gasteiger partial charge < -0.3 is 14.5 Å². The number of nitrogens with zero attached hydrogens (tertiary/aromatic N) is 1. The van der Waals surface area contributed by atoms with Gasteiger partial charge in [0.25, 0.3) is 0 Å². The molecule has 1 N–H and O–H groups in total. The normalized spacial score (nSPS) is 18.3. The van der Waals surface area contributed by atoms with Gasteiger partial charge in [-0.3, -0.25) is 0 Å². The lowest BCUT2D eigenvalue weighted by Crippen LogP contribution is -2.03. The van der Waals surface area contributed by atoms with Crippen molar-refractivity contribution in [3.05, 3.63) is 30.0 Å². The Morgan fingerprint density at radius 1 is 1.56 bits per heavy atom. The summed E-state index contributed by atoms with van der Waals surface area (Å²) in [6.07, 6.45) is 0.240. The number of rotatable bonds is 3. The Morgan fingerprint density at radius 2 is 2.44 bits per heavy atom. The highest BCUT2D eigenvalue weighted by Gasteiger charge is 2.23. The molecule has 80 valence electrons. The van der Waals surface area contributed by atoms with E-state index in [1.807, 2.05) is 18.2 Å². The summed E-state index contributed by atoms with van der Waals surface area (Å²) < 4.78 is 10.7. The first-order valence-electron chi connectivity index (χ1n) is 5.13. The SMILES string of the molecule is N#Cc1cc2c(OC[C@H]3CO3)cccc2[nH]1. The first kappa shape index (κ1) is 9.25. The van der Waals surface area contributed by atoms with Crippen LogP contribution in [0.2, 0.25) is 0 Å². The van der Waals surface area contributed by atoms with Crippen LogP contribution in [0, 0.1) is 11.3 Å². The number of nitriles is 1. The smallest absolute Gasteiger partial charge is 0.128 e. The van der Waals surface area contributed by atoms with Gasteiger partial charge in [0.05, 0.1) is 12.1 Å². The van der Waals surface area contributed by atoms with Gasteiger partial charge in [-0.2, -0.15) is 5.26 Å². The summed E-state index contributed by atoms with van der Waals surface area (Å²) in [5.74, 6) is 0.797. The number of aromatic nitrogens is 1. The van der Waals surface area contributed by atoms with Crippen molar-refractivity contribution >= 4 is 10.9 Å². The van der Waals surface area contributed by atoms with Gasteiger partial charge >= 0.3 is 0 Å². The zero-order valence-electron chi connectivity index (χ0n) is 8.56. The minimum Gasteiger partial charge on any atom is -0.490 e. The van der Waals surface area contributed by atoms with Crippen molar-refractivity contribution in [2.24, 2.45) is 0 Å². The summed E-state index contributed by atoms with van der Waals surface area (Å²) in [7, 11) is 0. The summed E-state index contributed by atoms with van der Waals surface area (Å²) >= 11 is 0. The number of aromatic amines is 1. The van der Waals surface area contributed by atoms with Gasteiger partial charge in [0.1, 0.15) is 30.2 Å². The zero-order chi connectivity index (χ0) is 11.0. The molecule has 16 heavy (non-hydrogen) atoms. The third-order valence-electron chi connectivity index (χ3n) is 2.57. The van der Waals surface area contributed by atoms with E-state index in [4.69, 9.17) is 14.7 Å². The van der Waals surface area contributed by atoms with Gasteiger partial charge in [0.15, 0.2) is 0 Å². The first-order chi connectivity index (χ1) is 7.86. The third-order valence-corrected chi connectivity index (χ3v) is 2.57. The Morgan fingerprint density at radius 3 is 3.19 bits per heavy atom. The van der Waals surface area contributed by atoms with E-state index in [9.17, 15) is 0 Å². The van der Waals surface area contributed by atoms with Crippen LogP contribution in [0.5, 0.6) is 5.75 Å². The molecule has 0 saturated carbocycles. The van der Waals surface area contributed by atoms with Crippen molar-refractivity contribution in [2.45, 2.75) is 6.10 Å². The highest BCUT2D eigenvalue weighted by atomic mass is 16.6. The Kier molecular flexibility index (Phi) is 2.05. The molecule has 0 spiro atoms. The molecule has 4 nitrogen and oxygen atoms in total. The molecular weight excluding hydrogens is 204 g/mol. The molecule has 1 aromatic carbocycles. The molecule has 0 amide bonds. The standard InChI is InChI=1S/C12H10N2O2/c13-5-8-4-10-11(14-8)2-1-3-12(10)16-7-9-6-15-9/h1-4,9,14H,6-7H2/t9-/m1/s1. The summed E-state index contributed by atoms with van der Waals surface area (Å²) in [6.45, 7) is 1.36. The first-order valence-corrected chi connectivity index (χ1v) is 5.13. The summed E-state index contributed by atoms with van der Waals surface area (Å²) in [5, 5.41) is 9.76. The average molecular weight is 214 g/mol. The van der Waals surface area contributed by atoms with Gasteiger partial charge in [-0.25, -0.2) is 0 Å². The molecule has 2 heterocycles. The second kappa shape index (κ2) is 3.54. The summed E-state index contributed by atoms with van der Waals surface area (Å²) in [6, 6.07) is 9.62. The maximum Gasteiger partial charge on any atom is 0.128 e. The zero-order valence-corrected chi connectivity index (χ0v) is 8.56. The molecule has 1 aliphatic heterocycles. The van der Waals surface area contributed by atoms with Crippen molar-refractivity contribution in [1.82, 2.24) is 4.98 Å². The van der Waals surface area contributed by atoms with Crippen LogP contribution < -0.4 is 4.74 Å². The van der Waals surface area contributed by atoms with Crippen LogP contribution in [-0.4, -0.2) is 24.3 Å². The van der Waals surface area contributed by atoms with E-state index < -0.39 is 0 Å². The Bertz CT molecular complexity index is 564. The van der Waals surface area contributed by atoms with E-state index in [0.29, 0.717) is 12.3 Å². The average Bonchev–Trinajstić information content (AvgIpc) is 3.03. The lowest BCUT2D eigenvalue weighted by molar-refractivity contribution is 0.265. The maximum atomic E-state index is 8.82. The number of ether oxygens (including phenoxy) is 2. The summed E-state index contributed by atoms with van der Waals surface area (Å²) in [4.78, 5) is 3.02. The Labute approximate surface area is 92.4 Å². The fourth-order valence-corrected chi connectivity index (χ4v) is 1.66. The topological polar surface area (TPSA) is 61.3 Å². The van der Waals surface area contributed by atoms with Crippen molar-refractivity contribution < 1.29 is 9.47 Å². The molecule has 0 aliphatic carbocycles. The van der Waals surface area contributed by atoms with E-state index in [-0.39, 0.29) is 6.10 Å². The van der Waals surface area contributed by atoms with Crippen LogP contribution in [0.1, 0.15) is 5.69 Å². The fraction of sp³-hybridized carbons (Fsp3) is 0.250. The second-order valence-electron chi connectivity index (χ2n) is 3.78. The van der Waals surface area contributed by atoms with Crippen LogP contribution >= 0.6 is 0 Å². The number of epoxide rings is 1. The molecule has 4 heteroatoms. The number of hydrogen-bond acceptors (Lipinski definition) is 3. The third kappa shape index (κ3) is 1.62. The van der Waals surface area contributed by atoms with E-state index in [1.165, 1.54) is 0 Å². The second-order valence-corrected chi connectivity index (χ2v) is 3.78. The number of fused-ring (bicyclic) bond motifs is 1. The largest absolute Gasteiger partial charge is 0.490 e. The predicted octanol–water partition coefficient (Wildman–Crippen LogP) is 1.82. The van der Waals surface area contributed by atoms with Gasteiger partial charge in [0.2, 0.25) is 0 Å². The van der Waals surface area contributed by atoms with E-state index in [0.717, 1.165) is 23.3 Å². The fourth-order valence-electron chi connectivity index (χ4n) is 1.66. The van der Waals surface area contributed by atoms with Crippen molar-refractivity contribution in [1.29, 1.82) is 5.26 Å². The predicted molar refractivity (Wildman–Crippen MR) is 58.2 cm³/mol. The minimum atomic E-state index is 0.240. The van der Waals surface area contributed by atoms with Crippen LogP contribution in [-0.2, 0) is 4.74 Å². The lowest BCUT2D eigenvalue weighted by Gasteiger charge is -2.04. The van der Waals surface area contributed by atoms with E-state index >= 15 is 0 Å². The molecular formula is C12H10N2O2. The molecule has 3 rings (SSSR count). The molecule has 1 aliphatic rings. The van der Waals surface area contributed by atoms with Gasteiger partial charge in [-0.15, -0.1) is 0 Å². The Balaban J connectivity index is 1.95. The number of H-pyrrole nitrogens is 1. The monoisotopic (exact) mass is 214 g/mol. The molecule has 1 saturated heterocycles. The van der Waals surface area contributed by atoms with Crippen molar-refractivity contribution in [3.8, 4) is 11.8 Å². The van der Waals surface area contributed by atoms with E-state index in [1.54, 1.807) is 6.07 Å². The Hall–Kier alpha value is -1.99. The van der Waals surface area contributed by atoms with Crippen molar-refractivity contribution in [2.75, 3.05) is 13.2 Å². The molecule has 0 bridgehead atoms. The van der Waals surface area contributed by atoms with Crippen LogP contribution in [0.25, 0.3) is 10.9 Å². The van der Waals surface area contributed by atoms with Crippen LogP contribution in [0.15, 0.2) is 24.3 Å². The highest BCUT2D eigenvalue weighted by Crippen LogP contribution is 2.27. The van der Waals surface area contributed by atoms with Gasteiger partial charge in [0, 0.05) is 5.39 Å². The quantitative estimate of drug-likeness (QED) is 0.792. The van der Waals surface area contributed by atoms with Crippen LogP contribution in [0.4, 0.5) is 0 Å². The minimum absolute atomic E-state index is 0.240. The van der Waals surface area contributed by atoms with Crippen LogP contribution in [0.3, 0.4) is 0 Å². The number of nitrogens with one attached hydrogen (secondary N) is 1. The van der Waals surface area contributed by atoms with Gasteiger partial charge in [-0.05, 0) is 18.2 Å². The van der Waals surface area contributed by atoms with E-state index in [2.05, 4.69) is 11.1 Å². The molecule has 1 aromatic heterocycles. The molecule has 2 aromatic rings. The number of benzene rings is 1. The highest BCUT2D eigenvalue weighted by molar-refractivity contribution is 5.87. The molecule has 1 atom stereocenters. The number of hydrogen-bond donors (Lipinski definition) is 1. The van der Waals surface area contributed by atoms with Gasteiger partial charge in [-0.1, -0.05) is 6.07 Å². The molecule has 0 radical (unpaired) electrons. The van der Waals surface area contributed by atoms with Crippen molar-refractivity contribution in [3.63, 3.8) is 0 Å². The molecule has 1 fully saturated rings. The molecule has 0 unspecified atom stereocenters. The lowest BCUT2D eigenvalue weighted by atomic mass is 10.2.